The highest BCUT2D eigenvalue weighted by molar-refractivity contribution is 5.77. The number of anilines is 1. The zero-order valence-corrected chi connectivity index (χ0v) is 17.7. The number of para-hydroxylation sites is 2. The molecule has 0 spiro atoms. The summed E-state index contributed by atoms with van der Waals surface area (Å²) in [5, 5.41) is 0. The molecule has 158 valence electrons. The highest BCUT2D eigenvalue weighted by Gasteiger charge is 2.23. The van der Waals surface area contributed by atoms with Gasteiger partial charge in [-0.05, 0) is 19.1 Å². The van der Waals surface area contributed by atoms with Crippen molar-refractivity contribution in [3.63, 3.8) is 0 Å². The van der Waals surface area contributed by atoms with E-state index < -0.39 is 5.76 Å². The summed E-state index contributed by atoms with van der Waals surface area (Å²) >= 11 is 0. The zero-order valence-electron chi connectivity index (χ0n) is 17.7. The molecule has 0 radical (unpaired) electrons. The Morgan fingerprint density at radius 2 is 1.87 bits per heavy atom. The number of piperazine rings is 1. The van der Waals surface area contributed by atoms with Gasteiger partial charge in [0.1, 0.15) is 11.6 Å². The minimum absolute atomic E-state index is 0.0496. The SMILES string of the molecule is Cc1cc(N2CCN(C(=O)CCn3c(=O)oc4ccccc43)CC2)nc(C(C)C)n1. The van der Waals surface area contributed by atoms with Gasteiger partial charge in [0.15, 0.2) is 5.58 Å². The van der Waals surface area contributed by atoms with Crippen molar-refractivity contribution >= 4 is 22.8 Å². The molecule has 1 saturated heterocycles. The van der Waals surface area contributed by atoms with E-state index >= 15 is 0 Å². The maximum Gasteiger partial charge on any atom is 0.419 e. The number of benzene rings is 1. The number of nitrogens with zero attached hydrogens (tertiary/aromatic N) is 5. The van der Waals surface area contributed by atoms with E-state index in [0.29, 0.717) is 25.2 Å². The Kier molecular flexibility index (Phi) is 5.57. The molecule has 2 aromatic heterocycles. The molecule has 1 aliphatic rings. The molecule has 0 unspecified atom stereocenters. The molecule has 0 bridgehead atoms. The molecule has 8 heteroatoms. The van der Waals surface area contributed by atoms with Crippen LogP contribution in [0.5, 0.6) is 0 Å². The van der Waals surface area contributed by atoms with Gasteiger partial charge in [-0.3, -0.25) is 9.36 Å². The topological polar surface area (TPSA) is 84.5 Å². The summed E-state index contributed by atoms with van der Waals surface area (Å²) in [4.78, 5) is 38.1. The molecular weight excluding hydrogens is 382 g/mol. The van der Waals surface area contributed by atoms with Gasteiger partial charge in [-0.2, -0.15) is 0 Å². The second-order valence-electron chi connectivity index (χ2n) is 7.99. The Morgan fingerprint density at radius 3 is 2.60 bits per heavy atom. The summed E-state index contributed by atoms with van der Waals surface area (Å²) < 4.78 is 6.77. The van der Waals surface area contributed by atoms with Crippen LogP contribution in [0.4, 0.5) is 5.82 Å². The van der Waals surface area contributed by atoms with Crippen LogP contribution >= 0.6 is 0 Å². The van der Waals surface area contributed by atoms with Crippen LogP contribution in [0.2, 0.25) is 0 Å². The summed E-state index contributed by atoms with van der Waals surface area (Å²) in [6, 6.07) is 9.27. The van der Waals surface area contributed by atoms with Crippen molar-refractivity contribution in [2.24, 2.45) is 0 Å². The number of hydrogen-bond donors (Lipinski definition) is 0. The van der Waals surface area contributed by atoms with E-state index in [1.54, 1.807) is 6.07 Å². The normalized spacial score (nSPS) is 14.7. The predicted octanol–water partition coefficient (Wildman–Crippen LogP) is 2.56. The van der Waals surface area contributed by atoms with Crippen LogP contribution in [0, 0.1) is 6.92 Å². The summed E-state index contributed by atoms with van der Waals surface area (Å²) in [6.07, 6.45) is 0.271. The molecule has 0 saturated carbocycles. The molecule has 1 aromatic carbocycles. The van der Waals surface area contributed by atoms with Gasteiger partial charge in [0.2, 0.25) is 5.91 Å². The number of rotatable bonds is 5. The fourth-order valence-electron chi connectivity index (χ4n) is 3.77. The van der Waals surface area contributed by atoms with E-state index in [-0.39, 0.29) is 18.2 Å². The van der Waals surface area contributed by atoms with E-state index in [1.165, 1.54) is 4.57 Å². The first kappa shape index (κ1) is 20.1. The molecule has 30 heavy (non-hydrogen) atoms. The van der Waals surface area contributed by atoms with E-state index in [9.17, 15) is 9.59 Å². The molecule has 3 heterocycles. The monoisotopic (exact) mass is 409 g/mol. The third kappa shape index (κ3) is 4.08. The van der Waals surface area contributed by atoms with Gasteiger partial charge in [0, 0.05) is 56.8 Å². The standard InChI is InChI=1S/C22H27N5O3/c1-15(2)21-23-16(3)14-19(24-21)25-10-12-26(13-11-25)20(28)8-9-27-17-6-4-5-7-18(17)30-22(27)29/h4-7,14-15H,8-13H2,1-3H3. The molecule has 0 aliphatic carbocycles. The van der Waals surface area contributed by atoms with E-state index in [4.69, 9.17) is 9.40 Å². The Balaban J connectivity index is 1.37. The van der Waals surface area contributed by atoms with Crippen LogP contribution in [0.25, 0.3) is 11.1 Å². The quantitative estimate of drug-likeness (QED) is 0.644. The molecule has 1 amide bonds. The van der Waals surface area contributed by atoms with E-state index in [1.807, 2.05) is 36.1 Å². The molecule has 4 rings (SSSR count). The lowest BCUT2D eigenvalue weighted by Crippen LogP contribution is -2.49. The van der Waals surface area contributed by atoms with Crippen molar-refractivity contribution in [3.8, 4) is 0 Å². The number of carbonyl (C=O) groups excluding carboxylic acids is 1. The zero-order chi connectivity index (χ0) is 21.3. The first-order chi connectivity index (χ1) is 14.4. The van der Waals surface area contributed by atoms with Crippen LogP contribution in [-0.4, -0.2) is 51.5 Å². The van der Waals surface area contributed by atoms with Crippen LogP contribution < -0.4 is 10.7 Å². The van der Waals surface area contributed by atoms with Gasteiger partial charge in [0.25, 0.3) is 0 Å². The Bertz CT molecular complexity index is 1110. The summed E-state index contributed by atoms with van der Waals surface area (Å²) in [7, 11) is 0. The summed E-state index contributed by atoms with van der Waals surface area (Å²) in [5.74, 6) is 1.67. The number of amides is 1. The summed E-state index contributed by atoms with van der Waals surface area (Å²) in [5.41, 5.74) is 2.23. The van der Waals surface area contributed by atoms with Gasteiger partial charge in [-0.15, -0.1) is 0 Å². The minimum Gasteiger partial charge on any atom is -0.408 e. The van der Waals surface area contributed by atoms with E-state index in [0.717, 1.165) is 35.9 Å². The van der Waals surface area contributed by atoms with Crippen LogP contribution in [-0.2, 0) is 11.3 Å². The Hall–Kier alpha value is -3.16. The molecule has 1 fully saturated rings. The van der Waals surface area contributed by atoms with Crippen molar-refractivity contribution in [1.82, 2.24) is 19.4 Å². The van der Waals surface area contributed by atoms with Crippen molar-refractivity contribution in [3.05, 3.63) is 52.4 Å². The first-order valence-corrected chi connectivity index (χ1v) is 10.4. The number of fused-ring (bicyclic) bond motifs is 1. The predicted molar refractivity (Wildman–Crippen MR) is 115 cm³/mol. The van der Waals surface area contributed by atoms with Crippen molar-refractivity contribution in [2.45, 2.75) is 39.7 Å². The average molecular weight is 409 g/mol. The Labute approximate surface area is 175 Å². The van der Waals surface area contributed by atoms with Gasteiger partial charge >= 0.3 is 5.76 Å². The van der Waals surface area contributed by atoms with Crippen molar-refractivity contribution in [1.29, 1.82) is 0 Å². The Morgan fingerprint density at radius 1 is 1.13 bits per heavy atom. The highest BCUT2D eigenvalue weighted by atomic mass is 16.4. The van der Waals surface area contributed by atoms with Crippen LogP contribution in [0.3, 0.4) is 0 Å². The molecule has 3 aromatic rings. The van der Waals surface area contributed by atoms with Gasteiger partial charge in [-0.25, -0.2) is 14.8 Å². The lowest BCUT2D eigenvalue weighted by Gasteiger charge is -2.35. The van der Waals surface area contributed by atoms with Gasteiger partial charge in [0.05, 0.1) is 5.52 Å². The summed E-state index contributed by atoms with van der Waals surface area (Å²) in [6.45, 7) is 9.21. The second-order valence-corrected chi connectivity index (χ2v) is 7.99. The number of aromatic nitrogens is 3. The lowest BCUT2D eigenvalue weighted by atomic mass is 10.2. The first-order valence-electron chi connectivity index (χ1n) is 10.4. The van der Waals surface area contributed by atoms with Gasteiger partial charge in [-0.1, -0.05) is 26.0 Å². The second kappa shape index (κ2) is 8.30. The third-order valence-corrected chi connectivity index (χ3v) is 5.45. The maximum absolute atomic E-state index is 12.7. The minimum atomic E-state index is -0.422. The lowest BCUT2D eigenvalue weighted by molar-refractivity contribution is -0.131. The van der Waals surface area contributed by atoms with Crippen LogP contribution in [0.1, 0.15) is 37.7 Å². The highest BCUT2D eigenvalue weighted by Crippen LogP contribution is 2.19. The number of carbonyl (C=O) groups is 1. The fraction of sp³-hybridized carbons (Fsp3) is 0.455. The molecule has 1 aliphatic heterocycles. The van der Waals surface area contributed by atoms with Crippen LogP contribution in [0.15, 0.2) is 39.5 Å². The number of hydrogen-bond acceptors (Lipinski definition) is 6. The van der Waals surface area contributed by atoms with Gasteiger partial charge < -0.3 is 14.2 Å². The molecule has 0 atom stereocenters. The fourth-order valence-corrected chi connectivity index (χ4v) is 3.77. The average Bonchev–Trinajstić information content (AvgIpc) is 3.06. The van der Waals surface area contributed by atoms with Crippen molar-refractivity contribution < 1.29 is 9.21 Å². The molecule has 8 nitrogen and oxygen atoms in total. The number of oxazole rings is 1. The molecular formula is C22H27N5O3. The van der Waals surface area contributed by atoms with Crippen molar-refractivity contribution in [2.75, 3.05) is 31.1 Å². The molecule has 0 N–H and O–H groups in total. The number of aryl methyl sites for hydroxylation is 2. The third-order valence-electron chi connectivity index (χ3n) is 5.45. The smallest absolute Gasteiger partial charge is 0.408 e. The van der Waals surface area contributed by atoms with E-state index in [2.05, 4.69) is 23.7 Å². The largest absolute Gasteiger partial charge is 0.419 e. The maximum atomic E-state index is 12.7.